The highest BCUT2D eigenvalue weighted by Crippen LogP contribution is 2.41. The molecule has 0 saturated carbocycles. The predicted molar refractivity (Wildman–Crippen MR) is 170 cm³/mol. The number of nitrogens with one attached hydrogen (secondary N) is 1. The van der Waals surface area contributed by atoms with Gasteiger partial charge in [0.15, 0.2) is 0 Å². The molecule has 9 nitrogen and oxygen atoms in total. The van der Waals surface area contributed by atoms with Crippen LogP contribution in [-0.2, 0) is 9.47 Å². The van der Waals surface area contributed by atoms with Gasteiger partial charge in [0.2, 0.25) is 0 Å². The van der Waals surface area contributed by atoms with Gasteiger partial charge in [0.1, 0.15) is 12.4 Å². The molecule has 0 spiro atoms. The van der Waals surface area contributed by atoms with Gasteiger partial charge in [0, 0.05) is 42.4 Å². The van der Waals surface area contributed by atoms with E-state index >= 15 is 0 Å². The Bertz CT molecular complexity index is 1440. The third-order valence-electron chi connectivity index (χ3n) is 10.3. The third kappa shape index (κ3) is 5.79. The van der Waals surface area contributed by atoms with E-state index in [4.69, 9.17) is 24.2 Å². The Kier molecular flexibility index (Phi) is 7.90. The van der Waals surface area contributed by atoms with Crippen molar-refractivity contribution in [3.8, 4) is 6.01 Å². The van der Waals surface area contributed by atoms with Gasteiger partial charge < -0.3 is 19.1 Å². The number of aromatic nitrogens is 2. The molecule has 0 bridgehead atoms. The summed E-state index contributed by atoms with van der Waals surface area (Å²) in [5, 5.41) is 5.35. The molecule has 4 aliphatic heterocycles. The Morgan fingerprint density at radius 2 is 1.98 bits per heavy atom. The first-order chi connectivity index (χ1) is 20.9. The van der Waals surface area contributed by atoms with Gasteiger partial charge >= 0.3 is 6.01 Å². The predicted octanol–water partition coefficient (Wildman–Crippen LogP) is 5.15. The maximum absolute atomic E-state index is 6.45. The second-order valence-electron chi connectivity index (χ2n) is 13.5. The van der Waals surface area contributed by atoms with Gasteiger partial charge in [-0.2, -0.15) is 15.1 Å². The third-order valence-corrected chi connectivity index (χ3v) is 10.3. The first kappa shape index (κ1) is 28.7. The van der Waals surface area contributed by atoms with Crippen molar-refractivity contribution >= 4 is 22.9 Å². The van der Waals surface area contributed by atoms with E-state index in [1.165, 1.54) is 61.2 Å². The normalized spacial score (nSPS) is 26.8. The molecule has 1 aromatic heterocycles. The van der Waals surface area contributed by atoms with Crippen LogP contribution in [0.15, 0.2) is 46.2 Å². The van der Waals surface area contributed by atoms with Crippen molar-refractivity contribution in [1.82, 2.24) is 20.3 Å². The Morgan fingerprint density at radius 3 is 2.84 bits per heavy atom. The van der Waals surface area contributed by atoms with Crippen molar-refractivity contribution in [2.45, 2.75) is 77.4 Å². The average molecular weight is 587 g/mol. The van der Waals surface area contributed by atoms with Crippen LogP contribution in [0.5, 0.6) is 6.01 Å². The van der Waals surface area contributed by atoms with E-state index in [-0.39, 0.29) is 17.1 Å². The number of benzene rings is 1. The first-order valence-corrected chi connectivity index (χ1v) is 16.2. The van der Waals surface area contributed by atoms with E-state index in [1.54, 1.807) is 0 Å². The summed E-state index contributed by atoms with van der Waals surface area (Å²) in [6.45, 7) is 13.0. The fraction of sp³-hybridized carbons (Fsp3) is 0.618. The summed E-state index contributed by atoms with van der Waals surface area (Å²) in [4.78, 5) is 14.8. The smallest absolute Gasteiger partial charge is 0.319 e. The maximum atomic E-state index is 6.45. The molecule has 5 heterocycles. The standard InChI is InChI=1S/C34H46N6O3/c1-24-8-9-28-29(17-24)36-32(43-23-34-10-5-12-40(34)13-6-11-34)37-31(28)39-14-16-41-21-27(20-39)42-15-4-7-26-19-33(3)22-35-38-30(33)18-25(26)2/h8-9,17-18,22,27,38H,4-7,10-16,19-21,23H2,1-3H3. The van der Waals surface area contributed by atoms with Crippen LogP contribution in [0, 0.1) is 12.3 Å². The second kappa shape index (κ2) is 11.8. The zero-order chi connectivity index (χ0) is 29.4. The van der Waals surface area contributed by atoms with Gasteiger partial charge in [-0.25, -0.2) is 0 Å². The molecule has 43 heavy (non-hydrogen) atoms. The molecule has 3 saturated heterocycles. The number of hydrogen-bond acceptors (Lipinski definition) is 9. The SMILES string of the molecule is CC1=C(CCCOC2COCCN(c3nc(OCC45CCCN4CCC5)nc4cc(C)ccc34)C2)CC2(C)C=NNC2=C1. The van der Waals surface area contributed by atoms with E-state index in [2.05, 4.69) is 65.4 Å². The number of anilines is 1. The minimum atomic E-state index is -0.0247. The van der Waals surface area contributed by atoms with Gasteiger partial charge in [0.05, 0.1) is 30.4 Å². The van der Waals surface area contributed by atoms with Crippen LogP contribution in [0.2, 0.25) is 0 Å². The maximum Gasteiger partial charge on any atom is 0.319 e. The molecule has 0 radical (unpaired) electrons. The van der Waals surface area contributed by atoms with Gasteiger partial charge in [-0.1, -0.05) is 17.2 Å². The molecule has 5 aliphatic rings. The largest absolute Gasteiger partial charge is 0.461 e. The lowest BCUT2D eigenvalue weighted by atomic mass is 9.76. The van der Waals surface area contributed by atoms with E-state index in [9.17, 15) is 0 Å². The Morgan fingerprint density at radius 1 is 1.12 bits per heavy atom. The summed E-state index contributed by atoms with van der Waals surface area (Å²) in [6, 6.07) is 6.90. The summed E-state index contributed by atoms with van der Waals surface area (Å²) in [6.07, 6.45) is 12.2. The van der Waals surface area contributed by atoms with Gasteiger partial charge in [0.25, 0.3) is 0 Å². The lowest BCUT2D eigenvalue weighted by molar-refractivity contribution is -0.0000834. The van der Waals surface area contributed by atoms with Crippen LogP contribution in [0.3, 0.4) is 0 Å². The summed E-state index contributed by atoms with van der Waals surface area (Å²) >= 11 is 0. The minimum Gasteiger partial charge on any atom is -0.461 e. The van der Waals surface area contributed by atoms with E-state index in [0.29, 0.717) is 32.4 Å². The highest BCUT2D eigenvalue weighted by atomic mass is 16.5. The van der Waals surface area contributed by atoms with Crippen LogP contribution in [-0.4, -0.2) is 85.3 Å². The quantitative estimate of drug-likeness (QED) is 0.404. The molecule has 0 amide bonds. The molecular formula is C34H46N6O3. The molecule has 230 valence electrons. The van der Waals surface area contributed by atoms with Crippen LogP contribution in [0.25, 0.3) is 10.9 Å². The van der Waals surface area contributed by atoms with Crippen LogP contribution >= 0.6 is 0 Å². The van der Waals surface area contributed by atoms with Crippen molar-refractivity contribution in [1.29, 1.82) is 0 Å². The number of allylic oxidation sites excluding steroid dienone is 4. The molecule has 2 unspecified atom stereocenters. The zero-order valence-corrected chi connectivity index (χ0v) is 26.0. The van der Waals surface area contributed by atoms with Crippen molar-refractivity contribution < 1.29 is 14.2 Å². The molecular weight excluding hydrogens is 540 g/mol. The van der Waals surface area contributed by atoms with E-state index < -0.39 is 0 Å². The van der Waals surface area contributed by atoms with Crippen LogP contribution < -0.4 is 15.1 Å². The summed E-state index contributed by atoms with van der Waals surface area (Å²) in [5.74, 6) is 0.914. The summed E-state index contributed by atoms with van der Waals surface area (Å²) in [7, 11) is 0. The van der Waals surface area contributed by atoms with Crippen LogP contribution in [0.1, 0.15) is 64.4 Å². The average Bonchev–Trinajstić information content (AvgIpc) is 3.63. The highest BCUT2D eigenvalue weighted by molar-refractivity contribution is 5.90. The lowest BCUT2D eigenvalue weighted by Crippen LogP contribution is -2.43. The number of aryl methyl sites for hydroxylation is 1. The van der Waals surface area contributed by atoms with E-state index in [1.807, 2.05) is 6.21 Å². The fourth-order valence-electron chi connectivity index (χ4n) is 7.74. The minimum absolute atomic E-state index is 0.00000952. The number of fused-ring (bicyclic) bond motifs is 3. The highest BCUT2D eigenvalue weighted by Gasteiger charge is 2.45. The number of rotatable bonds is 9. The van der Waals surface area contributed by atoms with Crippen molar-refractivity contribution in [2.75, 3.05) is 57.5 Å². The monoisotopic (exact) mass is 586 g/mol. The lowest BCUT2D eigenvalue weighted by Gasteiger charge is -2.31. The number of ether oxygens (including phenoxy) is 3. The number of hydrazone groups is 1. The molecule has 1 N–H and O–H groups in total. The first-order valence-electron chi connectivity index (χ1n) is 16.2. The Labute approximate surface area is 255 Å². The van der Waals surface area contributed by atoms with Crippen molar-refractivity contribution in [2.24, 2.45) is 10.5 Å². The molecule has 2 atom stereocenters. The molecule has 7 rings (SSSR count). The van der Waals surface area contributed by atoms with Crippen LogP contribution in [0.4, 0.5) is 5.82 Å². The van der Waals surface area contributed by atoms with E-state index in [0.717, 1.165) is 49.1 Å². The second-order valence-corrected chi connectivity index (χ2v) is 13.5. The molecule has 1 aromatic carbocycles. The zero-order valence-electron chi connectivity index (χ0n) is 26.0. The van der Waals surface area contributed by atoms with Gasteiger partial charge in [-0.05, 0) is 103 Å². The topological polar surface area (TPSA) is 84.3 Å². The van der Waals surface area contributed by atoms with Gasteiger partial charge in [-0.15, -0.1) is 0 Å². The molecule has 1 aliphatic carbocycles. The number of hydrogen-bond donors (Lipinski definition) is 1. The van der Waals surface area contributed by atoms with Crippen molar-refractivity contribution in [3.63, 3.8) is 0 Å². The Balaban J connectivity index is 1.03. The number of nitrogens with zero attached hydrogens (tertiary/aromatic N) is 5. The Hall–Kier alpha value is -3.01. The summed E-state index contributed by atoms with van der Waals surface area (Å²) < 4.78 is 18.9. The fourth-order valence-corrected chi connectivity index (χ4v) is 7.74. The molecule has 9 heteroatoms. The van der Waals surface area contributed by atoms with Gasteiger partial charge in [-0.3, -0.25) is 10.3 Å². The van der Waals surface area contributed by atoms with Crippen molar-refractivity contribution in [3.05, 3.63) is 46.7 Å². The molecule has 2 aromatic rings. The summed E-state index contributed by atoms with van der Waals surface area (Å²) in [5.41, 5.74) is 9.49. The molecule has 3 fully saturated rings.